The molecule has 156 valence electrons. The highest BCUT2D eigenvalue weighted by molar-refractivity contribution is 7.99. The lowest BCUT2D eigenvalue weighted by Gasteiger charge is -2.09. The molecule has 30 heavy (non-hydrogen) atoms. The fourth-order valence-electron chi connectivity index (χ4n) is 2.66. The van der Waals surface area contributed by atoms with Gasteiger partial charge in [0.2, 0.25) is 5.91 Å². The van der Waals surface area contributed by atoms with Gasteiger partial charge in [-0.15, -0.1) is 0 Å². The van der Waals surface area contributed by atoms with Crippen LogP contribution < -0.4 is 15.4 Å². The molecular formula is C22H24N4O3S. The molecule has 1 aromatic heterocycles. The molecular weight excluding hydrogens is 400 g/mol. The smallest absolute Gasteiger partial charge is 0.251 e. The highest BCUT2D eigenvalue weighted by Crippen LogP contribution is 2.16. The number of ether oxygens (including phenoxy) is 1. The van der Waals surface area contributed by atoms with Crippen LogP contribution in [0.3, 0.4) is 0 Å². The lowest BCUT2D eigenvalue weighted by molar-refractivity contribution is -0.113. The molecule has 0 saturated heterocycles. The number of thioether (sulfide) groups is 1. The lowest BCUT2D eigenvalue weighted by atomic mass is 10.2. The van der Waals surface area contributed by atoms with E-state index >= 15 is 0 Å². The van der Waals surface area contributed by atoms with Crippen LogP contribution >= 0.6 is 11.8 Å². The van der Waals surface area contributed by atoms with Gasteiger partial charge < -0.3 is 19.9 Å². The van der Waals surface area contributed by atoms with Crippen molar-refractivity contribution < 1.29 is 14.3 Å². The number of hydrogen-bond acceptors (Lipinski definition) is 5. The Morgan fingerprint density at radius 1 is 1.17 bits per heavy atom. The summed E-state index contributed by atoms with van der Waals surface area (Å²) in [5.41, 5.74) is 2.28. The van der Waals surface area contributed by atoms with E-state index in [0.29, 0.717) is 24.4 Å². The van der Waals surface area contributed by atoms with Crippen LogP contribution in [0.25, 0.3) is 0 Å². The first kappa shape index (κ1) is 21.4. The highest BCUT2D eigenvalue weighted by Gasteiger charge is 2.08. The summed E-state index contributed by atoms with van der Waals surface area (Å²) in [5.74, 6) is 0.721. The third-order valence-corrected chi connectivity index (χ3v) is 5.24. The maximum atomic E-state index is 12.2. The highest BCUT2D eigenvalue weighted by atomic mass is 32.2. The Kier molecular flexibility index (Phi) is 7.51. The molecule has 0 unspecified atom stereocenters. The van der Waals surface area contributed by atoms with Gasteiger partial charge in [-0.25, -0.2) is 4.98 Å². The van der Waals surface area contributed by atoms with Crippen molar-refractivity contribution in [2.75, 3.05) is 24.2 Å². The second kappa shape index (κ2) is 10.5. The summed E-state index contributed by atoms with van der Waals surface area (Å²) in [6.45, 7) is 2.78. The van der Waals surface area contributed by atoms with Crippen molar-refractivity contribution in [2.45, 2.75) is 12.1 Å². The van der Waals surface area contributed by atoms with Gasteiger partial charge in [-0.2, -0.15) is 0 Å². The van der Waals surface area contributed by atoms with Gasteiger partial charge in [0.05, 0.1) is 12.3 Å². The second-order valence-electron chi connectivity index (χ2n) is 6.66. The standard InChI is InChI=1S/C22H24N4O3S/c1-16-4-3-5-19(14-16)29-13-11-23-21(28)17-6-8-18(9-7-17)25-20(27)15-30-22-24-10-12-26(22)2/h3-10,12,14H,11,13,15H2,1-2H3,(H,23,28)(H,25,27). The first-order valence-corrected chi connectivity index (χ1v) is 10.5. The Balaban J connectivity index is 1.40. The molecule has 0 fully saturated rings. The Hall–Kier alpha value is -3.26. The quantitative estimate of drug-likeness (QED) is 0.407. The monoisotopic (exact) mass is 424 g/mol. The minimum absolute atomic E-state index is 0.131. The van der Waals surface area contributed by atoms with Crippen LogP contribution in [0.2, 0.25) is 0 Å². The van der Waals surface area contributed by atoms with Crippen molar-refractivity contribution in [3.05, 3.63) is 72.1 Å². The van der Waals surface area contributed by atoms with Crippen LogP contribution in [-0.4, -0.2) is 40.3 Å². The van der Waals surface area contributed by atoms with Crippen molar-refractivity contribution in [2.24, 2.45) is 7.05 Å². The number of nitrogens with one attached hydrogen (secondary N) is 2. The van der Waals surface area contributed by atoms with Gasteiger partial charge in [0.1, 0.15) is 12.4 Å². The topological polar surface area (TPSA) is 85.2 Å². The molecule has 2 N–H and O–H groups in total. The summed E-state index contributed by atoms with van der Waals surface area (Å²) in [7, 11) is 1.88. The van der Waals surface area contributed by atoms with Crippen molar-refractivity contribution in [1.29, 1.82) is 0 Å². The number of anilines is 1. The van der Waals surface area contributed by atoms with Crippen LogP contribution in [0, 0.1) is 6.92 Å². The van der Waals surface area contributed by atoms with E-state index in [4.69, 9.17) is 4.74 Å². The fourth-order valence-corrected chi connectivity index (χ4v) is 3.40. The van der Waals surface area contributed by atoms with Crippen molar-refractivity contribution in [3.63, 3.8) is 0 Å². The average Bonchev–Trinajstić information content (AvgIpc) is 3.15. The normalized spacial score (nSPS) is 10.5. The van der Waals surface area contributed by atoms with Gasteiger partial charge in [0.15, 0.2) is 5.16 Å². The van der Waals surface area contributed by atoms with Crippen LogP contribution in [0.4, 0.5) is 5.69 Å². The first-order chi connectivity index (χ1) is 14.5. The third-order valence-electron chi connectivity index (χ3n) is 4.19. The number of aryl methyl sites for hydroxylation is 2. The maximum absolute atomic E-state index is 12.2. The Bertz CT molecular complexity index is 1000. The lowest BCUT2D eigenvalue weighted by Crippen LogP contribution is -2.28. The van der Waals surface area contributed by atoms with Gasteiger partial charge >= 0.3 is 0 Å². The summed E-state index contributed by atoms with van der Waals surface area (Å²) in [6.07, 6.45) is 3.53. The number of rotatable bonds is 9. The van der Waals surface area contributed by atoms with Gasteiger partial charge in [-0.1, -0.05) is 23.9 Å². The Labute approximate surface area is 179 Å². The molecule has 0 bridgehead atoms. The van der Waals surface area contributed by atoms with Crippen LogP contribution in [-0.2, 0) is 11.8 Å². The minimum Gasteiger partial charge on any atom is -0.492 e. The van der Waals surface area contributed by atoms with Crippen molar-refractivity contribution in [3.8, 4) is 5.75 Å². The molecule has 0 atom stereocenters. The van der Waals surface area contributed by atoms with Gasteiger partial charge in [0.25, 0.3) is 5.91 Å². The van der Waals surface area contributed by atoms with E-state index in [9.17, 15) is 9.59 Å². The summed E-state index contributed by atoms with van der Waals surface area (Å²) in [4.78, 5) is 28.5. The van der Waals surface area contributed by atoms with E-state index in [-0.39, 0.29) is 17.6 Å². The number of carbonyl (C=O) groups is 2. The zero-order valence-corrected chi connectivity index (χ0v) is 17.7. The number of hydrogen-bond donors (Lipinski definition) is 2. The van der Waals surface area contributed by atoms with Crippen LogP contribution in [0.15, 0.2) is 66.1 Å². The maximum Gasteiger partial charge on any atom is 0.251 e. The van der Waals surface area contributed by atoms with Gasteiger partial charge in [-0.05, 0) is 48.9 Å². The number of aromatic nitrogens is 2. The molecule has 3 aromatic rings. The third kappa shape index (κ3) is 6.38. The predicted octanol–water partition coefficient (Wildman–Crippen LogP) is 3.27. The van der Waals surface area contributed by atoms with E-state index < -0.39 is 0 Å². The van der Waals surface area contributed by atoms with Crippen LogP contribution in [0.5, 0.6) is 5.75 Å². The number of benzene rings is 2. The molecule has 0 aliphatic rings. The van der Waals surface area contributed by atoms with E-state index in [2.05, 4.69) is 15.6 Å². The number of imidazole rings is 1. The van der Waals surface area contributed by atoms with E-state index in [1.54, 1.807) is 30.5 Å². The number of nitrogens with zero attached hydrogens (tertiary/aromatic N) is 2. The predicted molar refractivity (Wildman–Crippen MR) is 118 cm³/mol. The number of carbonyl (C=O) groups excluding carboxylic acids is 2. The summed E-state index contributed by atoms with van der Waals surface area (Å²) < 4.78 is 7.48. The Morgan fingerprint density at radius 2 is 1.97 bits per heavy atom. The molecule has 0 saturated carbocycles. The van der Waals surface area contributed by atoms with E-state index in [0.717, 1.165) is 16.5 Å². The molecule has 0 aliphatic carbocycles. The largest absolute Gasteiger partial charge is 0.492 e. The molecule has 1 heterocycles. The zero-order valence-electron chi connectivity index (χ0n) is 16.9. The fraction of sp³-hybridized carbons (Fsp3) is 0.227. The van der Waals surface area contributed by atoms with Crippen LogP contribution in [0.1, 0.15) is 15.9 Å². The zero-order chi connectivity index (χ0) is 21.3. The summed E-state index contributed by atoms with van der Waals surface area (Å²) >= 11 is 1.36. The molecule has 0 radical (unpaired) electrons. The number of amides is 2. The van der Waals surface area contributed by atoms with Gasteiger partial charge in [-0.3, -0.25) is 9.59 Å². The van der Waals surface area contributed by atoms with Crippen molar-refractivity contribution in [1.82, 2.24) is 14.9 Å². The molecule has 0 aliphatic heterocycles. The van der Waals surface area contributed by atoms with Crippen molar-refractivity contribution >= 4 is 29.3 Å². The van der Waals surface area contributed by atoms with E-state index in [1.165, 1.54) is 11.8 Å². The summed E-state index contributed by atoms with van der Waals surface area (Å²) in [6, 6.07) is 14.5. The summed E-state index contributed by atoms with van der Waals surface area (Å²) in [5, 5.41) is 6.42. The minimum atomic E-state index is -0.189. The SMILES string of the molecule is Cc1cccc(OCCNC(=O)c2ccc(NC(=O)CSc3nccn3C)cc2)c1. The molecule has 3 rings (SSSR count). The molecule has 0 spiro atoms. The molecule has 7 nitrogen and oxygen atoms in total. The molecule has 8 heteroatoms. The molecule has 2 aromatic carbocycles. The van der Waals surface area contributed by atoms with E-state index in [1.807, 2.05) is 49.0 Å². The first-order valence-electron chi connectivity index (χ1n) is 9.49. The van der Waals surface area contributed by atoms with Gasteiger partial charge in [0, 0.05) is 30.7 Å². The Morgan fingerprint density at radius 3 is 2.67 bits per heavy atom. The average molecular weight is 425 g/mol. The second-order valence-corrected chi connectivity index (χ2v) is 7.60. The molecule has 2 amide bonds.